The van der Waals surface area contributed by atoms with Crippen molar-refractivity contribution in [1.82, 2.24) is 15.2 Å². The molecule has 1 saturated heterocycles. The standard InChI is InChI=1S/C16H19N3O2S/c20-15-6-5-12(10-17-15)16(21)18-11-13(14-4-3-9-22-14)19-7-1-2-8-19/h3-6,9-10,13H,1-2,7-8,11H2,(H,17,20)(H,18,21)/t13-/m1/s1. The molecule has 0 radical (unpaired) electrons. The lowest BCUT2D eigenvalue weighted by atomic mass is 10.2. The highest BCUT2D eigenvalue weighted by atomic mass is 32.1. The van der Waals surface area contributed by atoms with Crippen molar-refractivity contribution in [2.24, 2.45) is 0 Å². The first kappa shape index (κ1) is 15.0. The fourth-order valence-corrected chi connectivity index (χ4v) is 3.65. The van der Waals surface area contributed by atoms with E-state index in [0.29, 0.717) is 12.1 Å². The third-order valence-corrected chi connectivity index (χ3v) is 4.93. The molecular formula is C16H19N3O2S. The van der Waals surface area contributed by atoms with E-state index in [0.717, 1.165) is 13.1 Å². The summed E-state index contributed by atoms with van der Waals surface area (Å²) in [5, 5.41) is 5.06. The molecule has 0 aliphatic carbocycles. The molecule has 2 N–H and O–H groups in total. The number of H-pyrrole nitrogens is 1. The van der Waals surface area contributed by atoms with Crippen LogP contribution in [0.2, 0.25) is 0 Å². The Kier molecular flexibility index (Phi) is 4.70. The molecule has 116 valence electrons. The number of nitrogens with one attached hydrogen (secondary N) is 2. The molecule has 0 aromatic carbocycles. The largest absolute Gasteiger partial charge is 0.350 e. The molecule has 1 aliphatic rings. The van der Waals surface area contributed by atoms with Crippen LogP contribution < -0.4 is 10.9 Å². The van der Waals surface area contributed by atoms with Crippen LogP contribution in [0.4, 0.5) is 0 Å². The highest BCUT2D eigenvalue weighted by molar-refractivity contribution is 7.10. The second-order valence-electron chi connectivity index (χ2n) is 5.43. The lowest BCUT2D eigenvalue weighted by molar-refractivity contribution is 0.0938. The Morgan fingerprint density at radius 2 is 2.14 bits per heavy atom. The van der Waals surface area contributed by atoms with Gasteiger partial charge in [-0.3, -0.25) is 14.5 Å². The third kappa shape index (κ3) is 3.45. The van der Waals surface area contributed by atoms with E-state index in [2.05, 4.69) is 26.6 Å². The Morgan fingerprint density at radius 1 is 1.32 bits per heavy atom. The SMILES string of the molecule is O=C(NC[C@H](c1cccs1)N1CCCC1)c1ccc(=O)[nH]c1. The topological polar surface area (TPSA) is 65.2 Å². The van der Waals surface area contributed by atoms with Crippen LogP contribution in [0.1, 0.15) is 34.1 Å². The van der Waals surface area contributed by atoms with E-state index >= 15 is 0 Å². The van der Waals surface area contributed by atoms with E-state index in [1.165, 1.54) is 30.0 Å². The molecule has 1 fully saturated rings. The van der Waals surface area contributed by atoms with Gasteiger partial charge in [0.05, 0.1) is 11.6 Å². The maximum absolute atomic E-state index is 12.2. The van der Waals surface area contributed by atoms with Gasteiger partial charge in [0.15, 0.2) is 0 Å². The number of amides is 1. The van der Waals surface area contributed by atoms with Gasteiger partial charge in [-0.2, -0.15) is 0 Å². The fraction of sp³-hybridized carbons (Fsp3) is 0.375. The summed E-state index contributed by atoms with van der Waals surface area (Å²) in [6.07, 6.45) is 3.89. The predicted molar refractivity (Wildman–Crippen MR) is 87.3 cm³/mol. The third-order valence-electron chi connectivity index (χ3n) is 3.96. The molecular weight excluding hydrogens is 298 g/mol. The van der Waals surface area contributed by atoms with Gasteiger partial charge < -0.3 is 10.3 Å². The zero-order valence-corrected chi connectivity index (χ0v) is 13.1. The summed E-state index contributed by atoms with van der Waals surface area (Å²) in [5.41, 5.74) is 0.274. The molecule has 3 rings (SSSR count). The molecule has 5 nitrogen and oxygen atoms in total. The van der Waals surface area contributed by atoms with Gasteiger partial charge in [0.25, 0.3) is 5.91 Å². The van der Waals surface area contributed by atoms with E-state index < -0.39 is 0 Å². The predicted octanol–water partition coefficient (Wildman–Crippen LogP) is 2.00. The normalized spacial score (nSPS) is 16.5. The average molecular weight is 317 g/mol. The number of hydrogen-bond acceptors (Lipinski definition) is 4. The van der Waals surface area contributed by atoms with Crippen LogP contribution >= 0.6 is 11.3 Å². The zero-order chi connectivity index (χ0) is 15.4. The Hall–Kier alpha value is -1.92. The molecule has 2 aromatic rings. The first-order valence-corrected chi connectivity index (χ1v) is 8.36. The maximum atomic E-state index is 12.2. The van der Waals surface area contributed by atoms with Crippen molar-refractivity contribution < 1.29 is 4.79 Å². The monoisotopic (exact) mass is 317 g/mol. The van der Waals surface area contributed by atoms with Crippen LogP contribution in [0.5, 0.6) is 0 Å². The second kappa shape index (κ2) is 6.89. The first-order chi connectivity index (χ1) is 10.7. The van der Waals surface area contributed by atoms with Crippen molar-refractivity contribution in [1.29, 1.82) is 0 Å². The summed E-state index contributed by atoms with van der Waals surface area (Å²) in [6, 6.07) is 7.32. The molecule has 0 unspecified atom stereocenters. The van der Waals surface area contributed by atoms with Gasteiger partial charge in [-0.1, -0.05) is 6.07 Å². The van der Waals surface area contributed by atoms with Crippen LogP contribution in [0.25, 0.3) is 0 Å². The van der Waals surface area contributed by atoms with Crippen molar-refractivity contribution in [2.45, 2.75) is 18.9 Å². The molecule has 22 heavy (non-hydrogen) atoms. The minimum Gasteiger partial charge on any atom is -0.350 e. The number of hydrogen-bond donors (Lipinski definition) is 2. The number of carbonyl (C=O) groups is 1. The maximum Gasteiger partial charge on any atom is 0.252 e. The van der Waals surface area contributed by atoms with E-state index in [1.54, 1.807) is 17.4 Å². The van der Waals surface area contributed by atoms with Crippen LogP contribution in [-0.2, 0) is 0 Å². The number of thiophene rings is 1. The highest BCUT2D eigenvalue weighted by Gasteiger charge is 2.24. The van der Waals surface area contributed by atoms with E-state index in [9.17, 15) is 9.59 Å². The number of aromatic amines is 1. The number of nitrogens with zero attached hydrogens (tertiary/aromatic N) is 1. The van der Waals surface area contributed by atoms with Crippen LogP contribution in [0.15, 0.2) is 40.6 Å². The van der Waals surface area contributed by atoms with Crippen molar-refractivity contribution in [3.63, 3.8) is 0 Å². The van der Waals surface area contributed by atoms with Gasteiger partial charge >= 0.3 is 0 Å². The van der Waals surface area contributed by atoms with Crippen molar-refractivity contribution in [3.05, 3.63) is 56.6 Å². The minimum atomic E-state index is -0.204. The summed E-state index contributed by atoms with van der Waals surface area (Å²) >= 11 is 1.73. The quantitative estimate of drug-likeness (QED) is 0.886. The number of pyridine rings is 1. The Bertz CT molecular complexity index is 654. The van der Waals surface area contributed by atoms with E-state index in [4.69, 9.17) is 0 Å². The summed E-state index contributed by atoms with van der Waals surface area (Å²) in [6.45, 7) is 2.74. The van der Waals surface area contributed by atoms with Gasteiger partial charge in [0, 0.05) is 23.7 Å². The van der Waals surface area contributed by atoms with Crippen LogP contribution in [0.3, 0.4) is 0 Å². The molecule has 0 spiro atoms. The van der Waals surface area contributed by atoms with Gasteiger partial charge in [-0.05, 0) is 43.4 Å². The van der Waals surface area contributed by atoms with Crippen molar-refractivity contribution in [2.75, 3.05) is 19.6 Å². The van der Waals surface area contributed by atoms with Gasteiger partial charge in [0.2, 0.25) is 5.56 Å². The Morgan fingerprint density at radius 3 is 2.77 bits per heavy atom. The fourth-order valence-electron chi connectivity index (χ4n) is 2.79. The number of carbonyl (C=O) groups excluding carboxylic acids is 1. The molecule has 0 saturated carbocycles. The summed E-state index contributed by atoms with van der Waals surface area (Å²) < 4.78 is 0. The van der Waals surface area contributed by atoms with Crippen LogP contribution in [0, 0.1) is 0 Å². The number of likely N-dealkylation sites (tertiary alicyclic amines) is 1. The zero-order valence-electron chi connectivity index (χ0n) is 12.2. The lowest BCUT2D eigenvalue weighted by Gasteiger charge is -2.26. The van der Waals surface area contributed by atoms with E-state index in [-0.39, 0.29) is 17.5 Å². The molecule has 1 aliphatic heterocycles. The summed E-state index contributed by atoms with van der Waals surface area (Å²) in [7, 11) is 0. The highest BCUT2D eigenvalue weighted by Crippen LogP contribution is 2.27. The minimum absolute atomic E-state index is 0.156. The summed E-state index contributed by atoms with van der Waals surface area (Å²) in [5.74, 6) is -0.156. The molecule has 1 amide bonds. The lowest BCUT2D eigenvalue weighted by Crippen LogP contribution is -2.36. The van der Waals surface area contributed by atoms with Gasteiger partial charge in [0.1, 0.15) is 0 Å². The van der Waals surface area contributed by atoms with Gasteiger partial charge in [-0.15, -0.1) is 11.3 Å². The second-order valence-corrected chi connectivity index (χ2v) is 6.41. The van der Waals surface area contributed by atoms with E-state index in [1.807, 2.05) is 6.07 Å². The number of rotatable bonds is 5. The average Bonchev–Trinajstić information content (AvgIpc) is 3.22. The van der Waals surface area contributed by atoms with Gasteiger partial charge in [-0.25, -0.2) is 0 Å². The summed E-state index contributed by atoms with van der Waals surface area (Å²) in [4.78, 5) is 29.5. The smallest absolute Gasteiger partial charge is 0.252 e. The van der Waals surface area contributed by atoms with Crippen molar-refractivity contribution >= 4 is 17.2 Å². The van der Waals surface area contributed by atoms with Crippen LogP contribution in [-0.4, -0.2) is 35.4 Å². The molecule has 6 heteroatoms. The number of aromatic nitrogens is 1. The molecule has 1 atom stereocenters. The molecule has 0 bridgehead atoms. The molecule has 2 aromatic heterocycles. The Balaban J connectivity index is 1.67. The molecule has 3 heterocycles. The first-order valence-electron chi connectivity index (χ1n) is 7.48. The van der Waals surface area contributed by atoms with Crippen molar-refractivity contribution in [3.8, 4) is 0 Å². The Labute approximate surface area is 133 Å².